The molecule has 176 valence electrons. The average Bonchev–Trinajstić information content (AvgIpc) is 2.83. The first-order valence-electron chi connectivity index (χ1n) is 10.9. The molecule has 0 aliphatic carbocycles. The lowest BCUT2D eigenvalue weighted by Gasteiger charge is -2.34. The summed E-state index contributed by atoms with van der Waals surface area (Å²) in [5.41, 5.74) is 6.26. The fourth-order valence-corrected chi connectivity index (χ4v) is 5.31. The second-order valence-electron chi connectivity index (χ2n) is 8.19. The van der Waals surface area contributed by atoms with Gasteiger partial charge in [-0.15, -0.1) is 0 Å². The van der Waals surface area contributed by atoms with Crippen LogP contribution in [0.3, 0.4) is 0 Å². The molecule has 4 rings (SSSR count). The third-order valence-electron chi connectivity index (χ3n) is 5.84. The highest BCUT2D eigenvalue weighted by molar-refractivity contribution is 7.89. The molecule has 2 atom stereocenters. The Morgan fingerprint density at radius 3 is 2.55 bits per heavy atom. The Kier molecular flexibility index (Phi) is 6.85. The Labute approximate surface area is 192 Å². The predicted octanol–water partition coefficient (Wildman–Crippen LogP) is 1.07. The van der Waals surface area contributed by atoms with E-state index in [4.69, 9.17) is 15.2 Å². The number of nitrogens with one attached hydrogen (secondary N) is 1. The van der Waals surface area contributed by atoms with Crippen molar-refractivity contribution in [3.8, 4) is 11.5 Å². The van der Waals surface area contributed by atoms with Gasteiger partial charge in [0.15, 0.2) is 11.5 Å². The zero-order valence-corrected chi connectivity index (χ0v) is 18.9. The molecule has 33 heavy (non-hydrogen) atoms. The lowest BCUT2D eigenvalue weighted by atomic mass is 9.96. The van der Waals surface area contributed by atoms with E-state index in [-0.39, 0.29) is 23.8 Å². The number of benzene rings is 2. The Morgan fingerprint density at radius 2 is 1.82 bits per heavy atom. The minimum absolute atomic E-state index is 0.0220. The Balaban J connectivity index is 1.59. The largest absolute Gasteiger partial charge is 0.486 e. The number of carbonyl (C=O) groups is 2. The van der Waals surface area contributed by atoms with E-state index in [1.165, 1.54) is 17.0 Å². The third kappa shape index (κ3) is 5.45. The maximum Gasteiger partial charge on any atom is 0.241 e. The van der Waals surface area contributed by atoms with E-state index < -0.39 is 27.9 Å². The zero-order valence-electron chi connectivity index (χ0n) is 18.1. The van der Waals surface area contributed by atoms with E-state index >= 15 is 0 Å². The molecule has 2 aromatic rings. The molecule has 10 heteroatoms. The van der Waals surface area contributed by atoms with Crippen LogP contribution in [0.2, 0.25) is 0 Å². The average molecular weight is 474 g/mol. The van der Waals surface area contributed by atoms with Gasteiger partial charge in [0.05, 0.1) is 10.8 Å². The van der Waals surface area contributed by atoms with Crippen molar-refractivity contribution in [3.63, 3.8) is 0 Å². The fourth-order valence-electron chi connectivity index (χ4n) is 4.11. The van der Waals surface area contributed by atoms with Gasteiger partial charge in [-0.1, -0.05) is 30.3 Å². The molecule has 1 saturated heterocycles. The number of carbonyl (C=O) groups excluding carboxylic acids is 2. The van der Waals surface area contributed by atoms with Gasteiger partial charge >= 0.3 is 0 Å². The molecular weight excluding hydrogens is 446 g/mol. The molecule has 2 amide bonds. The number of piperidine rings is 1. The molecule has 2 aliphatic heterocycles. The SMILES string of the molecule is NC(=O)[C@@H]1CCCN(C(=O)[C@@H](Cc2ccccc2)NS(=O)(=O)c2ccc3c(c2)OCCO3)C1. The number of fused-ring (bicyclic) bond motifs is 1. The maximum absolute atomic E-state index is 13.4. The molecule has 0 spiro atoms. The summed E-state index contributed by atoms with van der Waals surface area (Å²) >= 11 is 0. The van der Waals surface area contributed by atoms with Crippen LogP contribution in [0.15, 0.2) is 53.4 Å². The standard InChI is InChI=1S/C23H27N3O6S/c24-22(27)17-7-4-10-26(15-17)23(28)19(13-16-5-2-1-3-6-16)25-33(29,30)18-8-9-20-21(14-18)32-12-11-31-20/h1-3,5-6,8-9,14,17,19,25H,4,7,10-13,15H2,(H2,24,27)/t17-,19-/m1/s1. The minimum atomic E-state index is -4.05. The summed E-state index contributed by atoms with van der Waals surface area (Å²) < 4.78 is 40.0. The first-order chi connectivity index (χ1) is 15.8. The molecule has 9 nitrogen and oxygen atoms in total. The highest BCUT2D eigenvalue weighted by atomic mass is 32.2. The van der Waals surface area contributed by atoms with Crippen LogP contribution in [0.25, 0.3) is 0 Å². The van der Waals surface area contributed by atoms with Gasteiger partial charge in [0.2, 0.25) is 21.8 Å². The van der Waals surface area contributed by atoms with E-state index in [9.17, 15) is 18.0 Å². The van der Waals surface area contributed by atoms with E-state index in [1.54, 1.807) is 6.07 Å². The van der Waals surface area contributed by atoms with Gasteiger partial charge in [-0.05, 0) is 37.0 Å². The van der Waals surface area contributed by atoms with Crippen LogP contribution in [0.1, 0.15) is 18.4 Å². The van der Waals surface area contributed by atoms with E-state index in [1.807, 2.05) is 30.3 Å². The fraction of sp³-hybridized carbons (Fsp3) is 0.391. The van der Waals surface area contributed by atoms with E-state index in [2.05, 4.69) is 4.72 Å². The lowest BCUT2D eigenvalue weighted by molar-refractivity contribution is -0.136. The molecule has 2 aliphatic rings. The third-order valence-corrected chi connectivity index (χ3v) is 7.31. The van der Waals surface area contributed by atoms with Gasteiger partial charge in [-0.3, -0.25) is 9.59 Å². The van der Waals surface area contributed by atoms with Gasteiger partial charge in [-0.2, -0.15) is 4.72 Å². The number of amides is 2. The van der Waals surface area contributed by atoms with Crippen LogP contribution in [0.4, 0.5) is 0 Å². The summed E-state index contributed by atoms with van der Waals surface area (Å²) in [5.74, 6) is -0.456. The van der Waals surface area contributed by atoms with Crippen molar-refractivity contribution in [2.75, 3.05) is 26.3 Å². The number of hydrogen-bond acceptors (Lipinski definition) is 6. The van der Waals surface area contributed by atoms with Crippen LogP contribution in [0, 0.1) is 5.92 Å². The van der Waals surface area contributed by atoms with Crippen molar-refractivity contribution in [1.82, 2.24) is 9.62 Å². The molecule has 2 aromatic carbocycles. The molecule has 3 N–H and O–H groups in total. The molecule has 1 fully saturated rings. The molecule has 0 saturated carbocycles. The smallest absolute Gasteiger partial charge is 0.241 e. The zero-order chi connectivity index (χ0) is 23.4. The molecular formula is C23H27N3O6S. The second kappa shape index (κ2) is 9.80. The number of hydrogen-bond donors (Lipinski definition) is 2. The van der Waals surface area contributed by atoms with Gasteiger partial charge < -0.3 is 20.1 Å². The molecule has 0 aromatic heterocycles. The summed E-state index contributed by atoms with van der Waals surface area (Å²) in [4.78, 5) is 26.6. The number of ether oxygens (including phenoxy) is 2. The normalized spacial score (nSPS) is 19.0. The second-order valence-corrected chi connectivity index (χ2v) is 9.91. The van der Waals surface area contributed by atoms with Crippen LogP contribution in [0.5, 0.6) is 11.5 Å². The molecule has 0 radical (unpaired) electrons. The summed E-state index contributed by atoms with van der Waals surface area (Å²) in [5, 5.41) is 0. The first-order valence-corrected chi connectivity index (χ1v) is 12.4. The highest BCUT2D eigenvalue weighted by Crippen LogP contribution is 2.32. The van der Waals surface area contributed by atoms with Gasteiger partial charge in [0, 0.05) is 19.2 Å². The Morgan fingerprint density at radius 1 is 1.09 bits per heavy atom. The Hall–Kier alpha value is -3.11. The number of nitrogens with two attached hydrogens (primary N) is 1. The van der Waals surface area contributed by atoms with Crippen LogP contribution in [-0.2, 0) is 26.0 Å². The number of sulfonamides is 1. The summed E-state index contributed by atoms with van der Waals surface area (Å²) in [7, 11) is -4.05. The predicted molar refractivity (Wildman–Crippen MR) is 120 cm³/mol. The van der Waals surface area contributed by atoms with Crippen LogP contribution >= 0.6 is 0 Å². The summed E-state index contributed by atoms with van der Waals surface area (Å²) in [6, 6.07) is 12.5. The maximum atomic E-state index is 13.4. The number of primary amides is 1. The minimum Gasteiger partial charge on any atom is -0.486 e. The topological polar surface area (TPSA) is 128 Å². The van der Waals surface area contributed by atoms with Crippen LogP contribution < -0.4 is 19.9 Å². The number of nitrogens with zero attached hydrogens (tertiary/aromatic N) is 1. The summed E-state index contributed by atoms with van der Waals surface area (Å²) in [6.07, 6.45) is 1.42. The van der Waals surface area contributed by atoms with Gasteiger partial charge in [0.25, 0.3) is 0 Å². The van der Waals surface area contributed by atoms with Crippen LogP contribution in [-0.4, -0.2) is 57.5 Å². The van der Waals surface area contributed by atoms with Gasteiger partial charge in [0.1, 0.15) is 19.3 Å². The highest BCUT2D eigenvalue weighted by Gasteiger charge is 2.34. The molecule has 0 bridgehead atoms. The molecule has 0 unspecified atom stereocenters. The monoisotopic (exact) mass is 473 g/mol. The van der Waals surface area contributed by atoms with Crippen molar-refractivity contribution in [1.29, 1.82) is 0 Å². The van der Waals surface area contributed by atoms with Crippen molar-refractivity contribution < 1.29 is 27.5 Å². The van der Waals surface area contributed by atoms with Crippen molar-refractivity contribution >= 4 is 21.8 Å². The molecule has 2 heterocycles. The quantitative estimate of drug-likeness (QED) is 0.619. The van der Waals surface area contributed by atoms with E-state index in [0.717, 1.165) is 5.56 Å². The van der Waals surface area contributed by atoms with E-state index in [0.29, 0.717) is 44.1 Å². The van der Waals surface area contributed by atoms with Gasteiger partial charge in [-0.25, -0.2) is 8.42 Å². The number of rotatable bonds is 7. The summed E-state index contributed by atoms with van der Waals surface area (Å²) in [6.45, 7) is 1.35. The lowest BCUT2D eigenvalue weighted by Crippen LogP contribution is -2.53. The van der Waals surface area contributed by atoms with Crippen molar-refractivity contribution in [2.45, 2.75) is 30.2 Å². The van der Waals surface area contributed by atoms with Crippen molar-refractivity contribution in [2.24, 2.45) is 11.7 Å². The van der Waals surface area contributed by atoms with Crippen molar-refractivity contribution in [3.05, 3.63) is 54.1 Å². The number of likely N-dealkylation sites (tertiary alicyclic amines) is 1. The Bertz CT molecular complexity index is 1120. The first kappa shape index (κ1) is 23.1.